The standard InChI is InChI=1S/C20H24N2O3/c1-14-12-15(6-9-18(14)22-10-4-5-11-22)21-20(23)17-8-7-16(24-2)13-19(17)25-3/h6-9,12-13H,4-5,10-11H2,1-3H3,(H,21,23). The van der Waals surface area contributed by atoms with E-state index in [9.17, 15) is 4.79 Å². The van der Waals surface area contributed by atoms with Crippen LogP contribution in [0.2, 0.25) is 0 Å². The van der Waals surface area contributed by atoms with E-state index >= 15 is 0 Å². The Labute approximate surface area is 148 Å². The molecule has 5 heteroatoms. The Kier molecular flexibility index (Phi) is 5.12. The molecule has 2 aromatic rings. The molecule has 0 saturated carbocycles. The van der Waals surface area contributed by atoms with Crippen LogP contribution in [0.15, 0.2) is 36.4 Å². The summed E-state index contributed by atoms with van der Waals surface area (Å²) < 4.78 is 10.5. The molecule has 0 radical (unpaired) electrons. The molecule has 0 bridgehead atoms. The van der Waals surface area contributed by atoms with E-state index in [2.05, 4.69) is 23.2 Å². The van der Waals surface area contributed by atoms with Crippen LogP contribution in [0.5, 0.6) is 11.5 Å². The van der Waals surface area contributed by atoms with Crippen molar-refractivity contribution in [3.05, 3.63) is 47.5 Å². The molecule has 2 aromatic carbocycles. The Morgan fingerprint density at radius 3 is 2.44 bits per heavy atom. The second-order valence-electron chi connectivity index (χ2n) is 6.22. The molecule has 1 heterocycles. The lowest BCUT2D eigenvalue weighted by molar-refractivity contribution is 0.102. The first-order valence-electron chi connectivity index (χ1n) is 8.51. The molecule has 1 amide bonds. The maximum Gasteiger partial charge on any atom is 0.259 e. The zero-order valence-electron chi connectivity index (χ0n) is 15.0. The zero-order valence-corrected chi connectivity index (χ0v) is 15.0. The molecule has 5 nitrogen and oxygen atoms in total. The van der Waals surface area contributed by atoms with Crippen LogP contribution in [0, 0.1) is 6.92 Å². The summed E-state index contributed by atoms with van der Waals surface area (Å²) >= 11 is 0. The normalized spacial score (nSPS) is 13.6. The molecule has 1 N–H and O–H groups in total. The number of nitrogens with one attached hydrogen (secondary N) is 1. The number of hydrogen-bond donors (Lipinski definition) is 1. The van der Waals surface area contributed by atoms with Gasteiger partial charge < -0.3 is 19.7 Å². The van der Waals surface area contributed by atoms with Crippen LogP contribution in [0.25, 0.3) is 0 Å². The maximum atomic E-state index is 12.6. The average Bonchev–Trinajstić information content (AvgIpc) is 3.15. The van der Waals surface area contributed by atoms with Crippen molar-refractivity contribution in [2.24, 2.45) is 0 Å². The molecular formula is C20H24N2O3. The number of methoxy groups -OCH3 is 2. The summed E-state index contributed by atoms with van der Waals surface area (Å²) in [5.41, 5.74) is 3.67. The fourth-order valence-electron chi connectivity index (χ4n) is 3.23. The van der Waals surface area contributed by atoms with Gasteiger partial charge in [0.2, 0.25) is 0 Å². The average molecular weight is 340 g/mol. The number of benzene rings is 2. The molecule has 1 fully saturated rings. The molecule has 0 atom stereocenters. The number of amides is 1. The van der Waals surface area contributed by atoms with Crippen LogP contribution in [-0.2, 0) is 0 Å². The van der Waals surface area contributed by atoms with Crippen LogP contribution < -0.4 is 19.7 Å². The first-order chi connectivity index (χ1) is 12.1. The lowest BCUT2D eigenvalue weighted by Gasteiger charge is -2.20. The van der Waals surface area contributed by atoms with Crippen molar-refractivity contribution in [2.45, 2.75) is 19.8 Å². The summed E-state index contributed by atoms with van der Waals surface area (Å²) in [6, 6.07) is 11.2. The van der Waals surface area contributed by atoms with E-state index in [0.29, 0.717) is 17.1 Å². The predicted octanol–water partition coefficient (Wildman–Crippen LogP) is 3.86. The predicted molar refractivity (Wildman–Crippen MR) is 100 cm³/mol. The molecule has 25 heavy (non-hydrogen) atoms. The SMILES string of the molecule is COc1ccc(C(=O)Nc2ccc(N3CCCC3)c(C)c2)c(OC)c1. The van der Waals surface area contributed by atoms with Crippen molar-refractivity contribution in [1.29, 1.82) is 0 Å². The number of rotatable bonds is 5. The summed E-state index contributed by atoms with van der Waals surface area (Å²) in [7, 11) is 3.12. The molecule has 1 aliphatic heterocycles. The van der Waals surface area contributed by atoms with Gasteiger partial charge in [0.25, 0.3) is 5.91 Å². The van der Waals surface area contributed by atoms with Gasteiger partial charge in [-0.05, 0) is 55.7 Å². The first kappa shape index (κ1) is 17.1. The van der Waals surface area contributed by atoms with Gasteiger partial charge in [0.1, 0.15) is 11.5 Å². The zero-order chi connectivity index (χ0) is 17.8. The second-order valence-corrected chi connectivity index (χ2v) is 6.22. The van der Waals surface area contributed by atoms with Crippen LogP contribution in [0.1, 0.15) is 28.8 Å². The summed E-state index contributed by atoms with van der Waals surface area (Å²) in [5.74, 6) is 0.939. The number of nitrogens with zero attached hydrogens (tertiary/aromatic N) is 1. The van der Waals surface area contributed by atoms with E-state index in [4.69, 9.17) is 9.47 Å². The number of carbonyl (C=O) groups is 1. The highest BCUT2D eigenvalue weighted by Crippen LogP contribution is 2.28. The lowest BCUT2D eigenvalue weighted by atomic mass is 10.1. The van der Waals surface area contributed by atoms with Crippen molar-refractivity contribution in [2.75, 3.05) is 37.5 Å². The topological polar surface area (TPSA) is 50.8 Å². The van der Waals surface area contributed by atoms with Gasteiger partial charge in [-0.2, -0.15) is 0 Å². The van der Waals surface area contributed by atoms with E-state index in [1.807, 2.05) is 12.1 Å². The third-order valence-electron chi connectivity index (χ3n) is 4.55. The molecule has 1 aliphatic rings. The van der Waals surface area contributed by atoms with E-state index in [-0.39, 0.29) is 5.91 Å². The number of anilines is 2. The summed E-state index contributed by atoms with van der Waals surface area (Å²) in [5, 5.41) is 2.95. The first-order valence-corrected chi connectivity index (χ1v) is 8.51. The van der Waals surface area contributed by atoms with Gasteiger partial charge >= 0.3 is 0 Å². The Hall–Kier alpha value is -2.69. The summed E-state index contributed by atoms with van der Waals surface area (Å²) in [6.45, 7) is 4.29. The smallest absolute Gasteiger partial charge is 0.259 e. The van der Waals surface area contributed by atoms with Crippen LogP contribution in [0.4, 0.5) is 11.4 Å². The van der Waals surface area contributed by atoms with Crippen LogP contribution in [-0.4, -0.2) is 33.2 Å². The van der Waals surface area contributed by atoms with Gasteiger partial charge in [0.15, 0.2) is 0 Å². The fraction of sp³-hybridized carbons (Fsp3) is 0.350. The van der Waals surface area contributed by atoms with Crippen molar-refractivity contribution in [3.63, 3.8) is 0 Å². The van der Waals surface area contributed by atoms with Crippen molar-refractivity contribution < 1.29 is 14.3 Å². The molecule has 1 saturated heterocycles. The summed E-state index contributed by atoms with van der Waals surface area (Å²) in [6.07, 6.45) is 2.49. The maximum absolute atomic E-state index is 12.6. The number of carbonyl (C=O) groups excluding carboxylic acids is 1. The highest BCUT2D eigenvalue weighted by atomic mass is 16.5. The van der Waals surface area contributed by atoms with Crippen molar-refractivity contribution >= 4 is 17.3 Å². The van der Waals surface area contributed by atoms with Crippen LogP contribution in [0.3, 0.4) is 0 Å². The van der Waals surface area contributed by atoms with Gasteiger partial charge in [0, 0.05) is 30.5 Å². The molecule has 132 valence electrons. The van der Waals surface area contributed by atoms with E-state index in [1.165, 1.54) is 24.1 Å². The minimum atomic E-state index is -0.201. The Morgan fingerprint density at radius 1 is 1.04 bits per heavy atom. The van der Waals surface area contributed by atoms with E-state index < -0.39 is 0 Å². The Morgan fingerprint density at radius 2 is 1.80 bits per heavy atom. The van der Waals surface area contributed by atoms with E-state index in [1.54, 1.807) is 32.4 Å². The largest absolute Gasteiger partial charge is 0.497 e. The monoisotopic (exact) mass is 340 g/mol. The minimum Gasteiger partial charge on any atom is -0.497 e. The van der Waals surface area contributed by atoms with Gasteiger partial charge in [-0.1, -0.05) is 0 Å². The molecule has 0 unspecified atom stereocenters. The highest BCUT2D eigenvalue weighted by Gasteiger charge is 2.16. The highest BCUT2D eigenvalue weighted by molar-refractivity contribution is 6.06. The third-order valence-corrected chi connectivity index (χ3v) is 4.55. The van der Waals surface area contributed by atoms with Crippen LogP contribution >= 0.6 is 0 Å². The van der Waals surface area contributed by atoms with Crippen molar-refractivity contribution in [1.82, 2.24) is 0 Å². The minimum absolute atomic E-state index is 0.201. The molecular weight excluding hydrogens is 316 g/mol. The lowest BCUT2D eigenvalue weighted by Crippen LogP contribution is -2.19. The fourth-order valence-corrected chi connectivity index (χ4v) is 3.23. The number of hydrogen-bond acceptors (Lipinski definition) is 4. The molecule has 0 spiro atoms. The number of aryl methyl sites for hydroxylation is 1. The quantitative estimate of drug-likeness (QED) is 0.898. The second kappa shape index (κ2) is 7.47. The van der Waals surface area contributed by atoms with Gasteiger partial charge in [-0.25, -0.2) is 0 Å². The molecule has 0 aliphatic carbocycles. The number of ether oxygens (including phenoxy) is 2. The van der Waals surface area contributed by atoms with Gasteiger partial charge in [-0.15, -0.1) is 0 Å². The molecule has 3 rings (SSSR count). The van der Waals surface area contributed by atoms with Gasteiger partial charge in [-0.3, -0.25) is 4.79 Å². The third kappa shape index (κ3) is 3.71. The summed E-state index contributed by atoms with van der Waals surface area (Å²) in [4.78, 5) is 15.0. The molecule has 0 aromatic heterocycles. The van der Waals surface area contributed by atoms with Gasteiger partial charge in [0.05, 0.1) is 19.8 Å². The van der Waals surface area contributed by atoms with Crippen molar-refractivity contribution in [3.8, 4) is 11.5 Å². The Bertz CT molecular complexity index is 768. The Balaban J connectivity index is 1.78. The van der Waals surface area contributed by atoms with E-state index in [0.717, 1.165) is 18.8 Å².